The fourth-order valence-electron chi connectivity index (χ4n) is 8.11. The van der Waals surface area contributed by atoms with E-state index in [9.17, 15) is 0 Å². The zero-order chi connectivity index (χ0) is 39.8. The molecule has 4 heterocycles. The Morgan fingerprint density at radius 2 is 0.965 bits per heavy atom. The lowest BCUT2D eigenvalue weighted by Gasteiger charge is -2.18. The number of rotatable bonds is 11. The van der Waals surface area contributed by atoms with Crippen molar-refractivity contribution in [1.82, 2.24) is 19.9 Å². The summed E-state index contributed by atoms with van der Waals surface area (Å²) in [4.78, 5) is 19.0. The Hall–Kier alpha value is -6.08. The molecule has 0 radical (unpaired) electrons. The van der Waals surface area contributed by atoms with E-state index in [1.165, 1.54) is 33.4 Å². The summed E-state index contributed by atoms with van der Waals surface area (Å²) >= 11 is 0. The van der Waals surface area contributed by atoms with Crippen LogP contribution in [-0.4, -0.2) is 26.6 Å². The first-order valence-electron chi connectivity index (χ1n) is 20.0. The van der Waals surface area contributed by atoms with Gasteiger partial charge in [0.15, 0.2) is 0 Å². The Morgan fingerprint density at radius 1 is 0.509 bits per heavy atom. The average Bonchev–Trinajstić information content (AvgIpc) is 3.50. The number of nitrogens with zero attached hydrogens (tertiary/aromatic N) is 4. The van der Waals surface area contributed by atoms with Crippen LogP contribution >= 0.6 is 0 Å². The molecule has 7 heteroatoms. The molecule has 7 aromatic rings. The van der Waals surface area contributed by atoms with Crippen molar-refractivity contribution in [3.8, 4) is 56.6 Å². The average molecular weight is 749 g/mol. The van der Waals surface area contributed by atoms with E-state index < -0.39 is 0 Å². The maximum Gasteiger partial charge on any atom is 0.291 e. The molecule has 0 spiro atoms. The number of aromatic nitrogens is 4. The van der Waals surface area contributed by atoms with Crippen LogP contribution in [0.5, 0.6) is 23.0 Å². The molecule has 4 aromatic carbocycles. The Morgan fingerprint density at radius 3 is 1.39 bits per heavy atom. The van der Waals surface area contributed by atoms with Gasteiger partial charge in [0.25, 0.3) is 6.71 Å². The summed E-state index contributed by atoms with van der Waals surface area (Å²) in [6.07, 6.45) is 9.19. The van der Waals surface area contributed by atoms with Crippen LogP contribution in [0.3, 0.4) is 0 Å². The smallest absolute Gasteiger partial charge is 0.291 e. The van der Waals surface area contributed by atoms with Gasteiger partial charge < -0.3 is 9.47 Å². The summed E-state index contributed by atoms with van der Waals surface area (Å²) in [5.41, 5.74) is 16.4. The quantitative estimate of drug-likeness (QED) is 0.123. The molecular weight excluding hydrogens is 699 g/mol. The Balaban J connectivity index is 1.19. The van der Waals surface area contributed by atoms with Crippen molar-refractivity contribution < 1.29 is 9.47 Å². The number of pyridine rings is 2. The molecule has 0 unspecified atom stereocenters. The van der Waals surface area contributed by atoms with E-state index in [2.05, 4.69) is 128 Å². The normalized spacial score (nSPS) is 11.9. The highest BCUT2D eigenvalue weighted by molar-refractivity contribution is 6.98. The van der Waals surface area contributed by atoms with Crippen LogP contribution < -0.4 is 26.1 Å². The van der Waals surface area contributed by atoms with Crippen molar-refractivity contribution in [3.63, 3.8) is 0 Å². The monoisotopic (exact) mass is 748 g/mol. The van der Waals surface area contributed by atoms with Crippen LogP contribution in [0.4, 0.5) is 0 Å². The van der Waals surface area contributed by atoms with Crippen LogP contribution in [0.15, 0.2) is 116 Å². The Labute approximate surface area is 337 Å². The van der Waals surface area contributed by atoms with E-state index >= 15 is 0 Å². The van der Waals surface area contributed by atoms with E-state index in [1.54, 1.807) is 0 Å². The molecule has 1 aliphatic rings. The molecule has 0 N–H and O–H groups in total. The first-order valence-corrected chi connectivity index (χ1v) is 20.0. The predicted molar refractivity (Wildman–Crippen MR) is 234 cm³/mol. The molecular formula is C50H49BN4O2. The second kappa shape index (κ2) is 15.8. The topological polar surface area (TPSA) is 70.0 Å². The van der Waals surface area contributed by atoms with E-state index in [1.807, 2.05) is 43.0 Å². The molecule has 3 aromatic heterocycles. The van der Waals surface area contributed by atoms with Crippen LogP contribution in [0.1, 0.15) is 61.1 Å². The molecule has 284 valence electrons. The van der Waals surface area contributed by atoms with Gasteiger partial charge in [0.1, 0.15) is 23.0 Å². The summed E-state index contributed by atoms with van der Waals surface area (Å²) in [7, 11) is 0. The van der Waals surface area contributed by atoms with Crippen molar-refractivity contribution in [2.24, 2.45) is 11.8 Å². The molecule has 0 atom stereocenters. The van der Waals surface area contributed by atoms with Crippen molar-refractivity contribution in [3.05, 3.63) is 149 Å². The van der Waals surface area contributed by atoms with Gasteiger partial charge in [-0.1, -0.05) is 50.8 Å². The third-order valence-electron chi connectivity index (χ3n) is 10.8. The number of hydrogen-bond acceptors (Lipinski definition) is 6. The second-order valence-corrected chi connectivity index (χ2v) is 16.4. The summed E-state index contributed by atoms with van der Waals surface area (Å²) < 4.78 is 13.8. The maximum atomic E-state index is 6.91. The zero-order valence-corrected chi connectivity index (χ0v) is 34.2. The molecule has 0 bridgehead atoms. The highest BCUT2D eigenvalue weighted by atomic mass is 16.5. The molecule has 0 fully saturated rings. The Kier molecular flexibility index (Phi) is 10.5. The number of fused-ring (bicyclic) bond motifs is 3. The lowest BCUT2D eigenvalue weighted by molar-refractivity contribution is 0.470. The van der Waals surface area contributed by atoms with Gasteiger partial charge in [-0.3, -0.25) is 19.9 Å². The number of hydrogen-bond donors (Lipinski definition) is 0. The van der Waals surface area contributed by atoms with Gasteiger partial charge in [0.05, 0.1) is 17.1 Å². The largest absolute Gasteiger partial charge is 0.457 e. The third-order valence-corrected chi connectivity index (χ3v) is 10.8. The van der Waals surface area contributed by atoms with E-state index in [4.69, 9.17) is 29.4 Å². The minimum atomic E-state index is -0.206. The van der Waals surface area contributed by atoms with Gasteiger partial charge in [-0.15, -0.1) is 0 Å². The van der Waals surface area contributed by atoms with Crippen molar-refractivity contribution in [2.75, 3.05) is 0 Å². The molecule has 6 nitrogen and oxygen atoms in total. The highest BCUT2D eigenvalue weighted by Gasteiger charge is 2.37. The van der Waals surface area contributed by atoms with E-state index in [0.717, 1.165) is 86.1 Å². The van der Waals surface area contributed by atoms with Crippen molar-refractivity contribution in [1.29, 1.82) is 0 Å². The minimum absolute atomic E-state index is 0.206. The summed E-state index contributed by atoms with van der Waals surface area (Å²) in [6.45, 7) is 17.3. The van der Waals surface area contributed by atoms with Crippen LogP contribution in [-0.2, 0) is 12.8 Å². The molecule has 8 rings (SSSR count). The lowest BCUT2D eigenvalue weighted by Crippen LogP contribution is -2.51. The molecule has 0 saturated carbocycles. The molecule has 0 amide bonds. The fraction of sp³-hybridized carbons (Fsp3) is 0.240. The van der Waals surface area contributed by atoms with Gasteiger partial charge in [-0.25, -0.2) is 0 Å². The standard InChI is InChI=1S/C50H49BN4O2/c1-30(2)20-42-34(7)24-36(46-22-32(5)14-18-52-46)26-48(42)56-38-10-12-40-41-13-11-39(29-45(41)51(44(40)28-38)50-54-16-9-17-55-50)57-49-27-37(47-23-33(6)15-19-53-47)25-35(8)43(49)21-31(3)4/h9-19,22-31H,20-21H2,1-8H3. The summed E-state index contributed by atoms with van der Waals surface area (Å²) in [6, 6.07) is 31.8. The first-order chi connectivity index (χ1) is 27.5. The Bertz CT molecular complexity index is 2440. The van der Waals surface area contributed by atoms with Gasteiger partial charge in [-0.05, 0) is 176 Å². The van der Waals surface area contributed by atoms with Crippen molar-refractivity contribution in [2.45, 2.75) is 68.2 Å². The summed E-state index contributed by atoms with van der Waals surface area (Å²) in [5.74, 6) is 4.19. The van der Waals surface area contributed by atoms with E-state index in [0.29, 0.717) is 11.8 Å². The lowest BCUT2D eigenvalue weighted by atomic mass is 9.42. The van der Waals surface area contributed by atoms with Gasteiger partial charge in [-0.2, -0.15) is 0 Å². The van der Waals surface area contributed by atoms with Gasteiger partial charge in [0, 0.05) is 35.9 Å². The fourth-order valence-corrected chi connectivity index (χ4v) is 8.11. The molecule has 0 aliphatic carbocycles. The first kappa shape index (κ1) is 37.8. The minimum Gasteiger partial charge on any atom is -0.457 e. The predicted octanol–water partition coefficient (Wildman–Crippen LogP) is 10.3. The number of ether oxygens (including phenoxy) is 2. The van der Waals surface area contributed by atoms with Crippen molar-refractivity contribution >= 4 is 23.4 Å². The molecule has 57 heavy (non-hydrogen) atoms. The third kappa shape index (κ3) is 7.97. The highest BCUT2D eigenvalue weighted by Crippen LogP contribution is 2.38. The SMILES string of the molecule is Cc1ccnc(-c2cc(C)c(CC(C)C)c(Oc3ccc4c(c3)B(c3ncccn3)c3cc(Oc5cc(-c6cc(C)ccn6)cc(C)c5CC(C)C)ccc3-4)c2)c1. The van der Waals surface area contributed by atoms with Crippen LogP contribution in [0.2, 0.25) is 0 Å². The van der Waals surface area contributed by atoms with Gasteiger partial charge in [0.2, 0.25) is 0 Å². The van der Waals surface area contributed by atoms with Crippen LogP contribution in [0.25, 0.3) is 33.6 Å². The number of aryl methyl sites for hydroxylation is 4. The van der Waals surface area contributed by atoms with E-state index in [-0.39, 0.29) is 6.71 Å². The summed E-state index contributed by atoms with van der Waals surface area (Å²) in [5, 5.41) is 0. The zero-order valence-electron chi connectivity index (χ0n) is 34.2. The van der Waals surface area contributed by atoms with Gasteiger partial charge >= 0.3 is 0 Å². The maximum absolute atomic E-state index is 6.91. The molecule has 0 saturated heterocycles. The second-order valence-electron chi connectivity index (χ2n) is 16.4. The van der Waals surface area contributed by atoms with Crippen LogP contribution in [0, 0.1) is 39.5 Å². The number of benzene rings is 4. The molecule has 1 aliphatic heterocycles.